The van der Waals surface area contributed by atoms with Crippen LogP contribution in [-0.2, 0) is 5.41 Å². The summed E-state index contributed by atoms with van der Waals surface area (Å²) < 4.78 is 0. The van der Waals surface area contributed by atoms with Gasteiger partial charge in [0.2, 0.25) is 5.13 Å². The van der Waals surface area contributed by atoms with Crippen LogP contribution in [0.5, 0.6) is 0 Å². The van der Waals surface area contributed by atoms with Crippen molar-refractivity contribution < 1.29 is 9.59 Å². The highest BCUT2D eigenvalue weighted by Gasteiger charge is 2.29. The Kier molecular flexibility index (Phi) is 6.42. The lowest BCUT2D eigenvalue weighted by atomic mass is 9.97. The highest BCUT2D eigenvalue weighted by molar-refractivity contribution is 7.15. The van der Waals surface area contributed by atoms with Gasteiger partial charge in [-0.2, -0.15) is 0 Å². The van der Waals surface area contributed by atoms with Gasteiger partial charge in [0, 0.05) is 29.8 Å². The molecule has 0 unspecified atom stereocenters. The van der Waals surface area contributed by atoms with Gasteiger partial charge in [0.1, 0.15) is 15.6 Å². The molecule has 1 aliphatic rings. The fraction of sp³-hybridized carbons (Fsp3) is 0.524. The van der Waals surface area contributed by atoms with Crippen LogP contribution in [0.15, 0.2) is 5.38 Å². The normalized spacial score (nSPS) is 15.2. The molecule has 3 aromatic heterocycles. The van der Waals surface area contributed by atoms with Gasteiger partial charge in [0.15, 0.2) is 0 Å². The van der Waals surface area contributed by atoms with E-state index in [-0.39, 0.29) is 23.1 Å². The zero-order valence-corrected chi connectivity index (χ0v) is 21.2. The van der Waals surface area contributed by atoms with Crippen LogP contribution in [0.2, 0.25) is 0 Å². The van der Waals surface area contributed by atoms with Crippen LogP contribution in [0.4, 0.5) is 5.13 Å². The number of aromatic nitrogens is 4. The number of nitrogens with one attached hydrogen (secondary N) is 1. The van der Waals surface area contributed by atoms with Crippen molar-refractivity contribution in [1.29, 1.82) is 0 Å². The Morgan fingerprint density at radius 1 is 1.09 bits per heavy atom. The molecule has 1 fully saturated rings. The minimum absolute atomic E-state index is 0.0671. The Labute approximate surface area is 199 Å². The number of carbonyl (C=O) groups is 2. The zero-order chi connectivity index (χ0) is 23.0. The molecule has 4 heterocycles. The summed E-state index contributed by atoms with van der Waals surface area (Å²) in [6, 6.07) is 0. The molecule has 1 saturated heterocycles. The van der Waals surface area contributed by atoms with E-state index >= 15 is 0 Å². The molecule has 2 amide bonds. The average molecular weight is 491 g/mol. The number of carbonyl (C=O) groups excluding carboxylic acids is 2. The van der Waals surface area contributed by atoms with Crippen LogP contribution >= 0.6 is 34.0 Å². The minimum atomic E-state index is -0.271. The topological polar surface area (TPSA) is 101 Å². The van der Waals surface area contributed by atoms with E-state index in [9.17, 15) is 9.59 Å². The first kappa shape index (κ1) is 22.9. The largest absolute Gasteiger partial charge is 0.338 e. The molecule has 0 bridgehead atoms. The molecule has 1 N–H and O–H groups in total. The summed E-state index contributed by atoms with van der Waals surface area (Å²) in [5.74, 6) is 0.0501. The second kappa shape index (κ2) is 8.95. The summed E-state index contributed by atoms with van der Waals surface area (Å²) in [6.07, 6.45) is 1.67. The van der Waals surface area contributed by atoms with Crippen molar-refractivity contribution in [3.8, 4) is 0 Å². The summed E-state index contributed by atoms with van der Waals surface area (Å²) in [4.78, 5) is 37.0. The Balaban J connectivity index is 1.35. The third-order valence-corrected chi connectivity index (χ3v) is 8.60. The predicted octanol–water partition coefficient (Wildman–Crippen LogP) is 4.64. The van der Waals surface area contributed by atoms with Crippen molar-refractivity contribution >= 4 is 51.0 Å². The van der Waals surface area contributed by atoms with Gasteiger partial charge in [-0.15, -0.1) is 32.9 Å². The number of hydrogen-bond donors (Lipinski definition) is 1. The van der Waals surface area contributed by atoms with Crippen molar-refractivity contribution in [3.63, 3.8) is 0 Å². The molecule has 0 atom stereocenters. The van der Waals surface area contributed by atoms with Crippen LogP contribution in [0, 0.1) is 13.8 Å². The Morgan fingerprint density at radius 2 is 1.81 bits per heavy atom. The van der Waals surface area contributed by atoms with Crippen molar-refractivity contribution in [3.05, 3.63) is 36.7 Å². The maximum absolute atomic E-state index is 12.8. The fourth-order valence-corrected chi connectivity index (χ4v) is 6.18. The van der Waals surface area contributed by atoms with Crippen molar-refractivity contribution in [2.24, 2.45) is 0 Å². The second-order valence-corrected chi connectivity index (χ2v) is 12.0. The highest BCUT2D eigenvalue weighted by atomic mass is 32.1. The summed E-state index contributed by atoms with van der Waals surface area (Å²) in [5, 5.41) is 16.0. The molecule has 0 spiro atoms. The van der Waals surface area contributed by atoms with E-state index in [0.29, 0.717) is 23.9 Å². The van der Waals surface area contributed by atoms with E-state index in [2.05, 4.69) is 46.3 Å². The van der Waals surface area contributed by atoms with E-state index < -0.39 is 0 Å². The molecule has 4 rings (SSSR count). The molecule has 0 aliphatic carbocycles. The molecule has 0 aromatic carbocycles. The Hall–Kier alpha value is -2.24. The molecule has 32 heavy (non-hydrogen) atoms. The van der Waals surface area contributed by atoms with Gasteiger partial charge in [-0.1, -0.05) is 32.1 Å². The number of aryl methyl sites for hydroxylation is 2. The van der Waals surface area contributed by atoms with E-state index in [1.807, 2.05) is 18.7 Å². The Bertz CT molecular complexity index is 1130. The van der Waals surface area contributed by atoms with Crippen LogP contribution in [-0.4, -0.2) is 50.0 Å². The molecule has 1 aliphatic heterocycles. The van der Waals surface area contributed by atoms with E-state index in [1.165, 1.54) is 34.0 Å². The molecule has 8 nitrogen and oxygen atoms in total. The van der Waals surface area contributed by atoms with Crippen LogP contribution in [0.3, 0.4) is 0 Å². The number of hydrogen-bond acceptors (Lipinski definition) is 9. The number of piperidine rings is 1. The first-order chi connectivity index (χ1) is 15.1. The molecule has 0 saturated carbocycles. The highest BCUT2D eigenvalue weighted by Crippen LogP contribution is 2.32. The molecule has 0 radical (unpaired) electrons. The number of anilines is 1. The lowest BCUT2D eigenvalue weighted by Crippen LogP contribution is -2.37. The van der Waals surface area contributed by atoms with Crippen molar-refractivity contribution in [2.75, 3.05) is 18.4 Å². The molecule has 170 valence electrons. The number of rotatable bonds is 4. The SMILES string of the molecule is Cc1nc(C)c(C(=O)N2CCC(c3nc(C(=O)Nc4nnc(C(C)(C)C)s4)cs3)CC2)s1. The maximum Gasteiger partial charge on any atom is 0.276 e. The van der Waals surface area contributed by atoms with Gasteiger partial charge in [-0.05, 0) is 26.7 Å². The fourth-order valence-electron chi connectivity index (χ4n) is 3.52. The number of thiazole rings is 2. The molecule has 11 heteroatoms. The lowest BCUT2D eigenvalue weighted by Gasteiger charge is -2.30. The molecule has 3 aromatic rings. The quantitative estimate of drug-likeness (QED) is 0.572. The van der Waals surface area contributed by atoms with Gasteiger partial charge in [0.05, 0.1) is 15.7 Å². The van der Waals surface area contributed by atoms with Crippen molar-refractivity contribution in [2.45, 2.75) is 58.8 Å². The van der Waals surface area contributed by atoms with Gasteiger partial charge >= 0.3 is 0 Å². The number of amides is 2. The third kappa shape index (κ3) is 4.89. The maximum atomic E-state index is 12.8. The van der Waals surface area contributed by atoms with Crippen LogP contribution in [0.1, 0.15) is 80.4 Å². The van der Waals surface area contributed by atoms with Gasteiger partial charge in [-0.25, -0.2) is 9.97 Å². The third-order valence-electron chi connectivity index (χ3n) is 5.27. The zero-order valence-electron chi connectivity index (χ0n) is 18.8. The summed E-state index contributed by atoms with van der Waals surface area (Å²) in [5.41, 5.74) is 1.09. The van der Waals surface area contributed by atoms with Gasteiger partial charge in [0.25, 0.3) is 11.8 Å². The number of nitrogens with zero attached hydrogens (tertiary/aromatic N) is 5. The van der Waals surface area contributed by atoms with Crippen LogP contribution in [0.25, 0.3) is 0 Å². The minimum Gasteiger partial charge on any atom is -0.338 e. The monoisotopic (exact) mass is 490 g/mol. The van der Waals surface area contributed by atoms with Gasteiger partial charge in [-0.3, -0.25) is 14.9 Å². The summed E-state index contributed by atoms with van der Waals surface area (Å²) in [7, 11) is 0. The summed E-state index contributed by atoms with van der Waals surface area (Å²) in [6.45, 7) is 11.4. The van der Waals surface area contributed by atoms with E-state index in [1.54, 1.807) is 5.38 Å². The first-order valence-corrected chi connectivity index (χ1v) is 13.0. The lowest BCUT2D eigenvalue weighted by molar-refractivity contribution is 0.0717. The first-order valence-electron chi connectivity index (χ1n) is 10.5. The van der Waals surface area contributed by atoms with Crippen LogP contribution < -0.4 is 5.32 Å². The van der Waals surface area contributed by atoms with Gasteiger partial charge < -0.3 is 4.90 Å². The smallest absolute Gasteiger partial charge is 0.276 e. The standard InChI is InChI=1S/C21H26N6O2S3/c1-11-15(31-12(2)22-11)18(29)27-8-6-13(7-9-27)17-23-14(10-30-17)16(28)24-20-26-25-19(32-20)21(3,4)5/h10,13H,6-9H2,1-5H3,(H,24,26,28). The second-order valence-electron chi connectivity index (χ2n) is 8.90. The van der Waals surface area contributed by atoms with Crippen molar-refractivity contribution in [1.82, 2.24) is 25.1 Å². The van der Waals surface area contributed by atoms with E-state index in [4.69, 9.17) is 0 Å². The average Bonchev–Trinajstić information content (AvgIpc) is 3.47. The Morgan fingerprint density at radius 3 is 2.41 bits per heavy atom. The molecular weight excluding hydrogens is 464 g/mol. The predicted molar refractivity (Wildman–Crippen MR) is 128 cm³/mol. The molecular formula is C21H26N6O2S3. The summed E-state index contributed by atoms with van der Waals surface area (Å²) >= 11 is 4.34. The van der Waals surface area contributed by atoms with E-state index in [0.717, 1.165) is 38.4 Å². The number of likely N-dealkylation sites (tertiary alicyclic amines) is 1.